The van der Waals surface area contributed by atoms with Gasteiger partial charge in [0.1, 0.15) is 0 Å². The fourth-order valence-corrected chi connectivity index (χ4v) is 7.39. The summed E-state index contributed by atoms with van der Waals surface area (Å²) < 4.78 is 23.6. The first-order chi connectivity index (χ1) is 24.2. The van der Waals surface area contributed by atoms with Crippen molar-refractivity contribution in [3.63, 3.8) is 0 Å². The van der Waals surface area contributed by atoms with E-state index in [2.05, 4.69) is 31.9 Å². The molecule has 0 unspecified atom stereocenters. The van der Waals surface area contributed by atoms with Crippen molar-refractivity contribution in [1.82, 2.24) is 0 Å². The van der Waals surface area contributed by atoms with Crippen LogP contribution >= 0.6 is 31.9 Å². The van der Waals surface area contributed by atoms with Gasteiger partial charge in [-0.2, -0.15) is 0 Å². The summed E-state index contributed by atoms with van der Waals surface area (Å²) in [5, 5.41) is 5.02. The molecular formula is C40H42Br2O8. The van der Waals surface area contributed by atoms with E-state index in [1.807, 2.05) is 52.0 Å². The molecule has 50 heavy (non-hydrogen) atoms. The largest absolute Gasteiger partial charge is 0.462 e. The zero-order chi connectivity index (χ0) is 35.9. The molecule has 0 amide bonds. The third-order valence-corrected chi connectivity index (χ3v) is 10.1. The fraction of sp³-hybridized carbons (Fsp3) is 0.400. The Morgan fingerprint density at radius 3 is 1.10 bits per heavy atom. The van der Waals surface area contributed by atoms with Crippen LogP contribution in [0.15, 0.2) is 45.3 Å². The van der Waals surface area contributed by atoms with Gasteiger partial charge in [-0.15, -0.1) is 0 Å². The number of esters is 4. The molecule has 10 heteroatoms. The number of hydrogen-bond donors (Lipinski definition) is 0. The van der Waals surface area contributed by atoms with E-state index in [4.69, 9.17) is 18.9 Å². The summed E-state index contributed by atoms with van der Waals surface area (Å²) in [6, 6.07) is 10.7. The van der Waals surface area contributed by atoms with E-state index >= 15 is 0 Å². The predicted octanol–water partition coefficient (Wildman–Crippen LogP) is 11.1. The summed E-state index contributed by atoms with van der Waals surface area (Å²) in [5.41, 5.74) is 0.956. The van der Waals surface area contributed by atoms with Crippen LogP contribution in [0.3, 0.4) is 0 Å². The van der Waals surface area contributed by atoms with Gasteiger partial charge in [0, 0.05) is 19.7 Å². The van der Waals surface area contributed by atoms with Crippen LogP contribution in [0, 0.1) is 0 Å². The Labute approximate surface area is 308 Å². The molecule has 0 spiro atoms. The first-order valence-corrected chi connectivity index (χ1v) is 19.1. The summed E-state index contributed by atoms with van der Waals surface area (Å²) in [6.07, 6.45) is 6.23. The number of hydrogen-bond acceptors (Lipinski definition) is 8. The van der Waals surface area contributed by atoms with Gasteiger partial charge >= 0.3 is 23.9 Å². The summed E-state index contributed by atoms with van der Waals surface area (Å²) in [6.45, 7) is 9.03. The molecule has 0 aliphatic carbocycles. The van der Waals surface area contributed by atoms with Gasteiger partial charge in [-0.1, -0.05) is 65.5 Å². The summed E-state index contributed by atoms with van der Waals surface area (Å²) in [4.78, 5) is 54.8. The normalized spacial score (nSPS) is 11.5. The van der Waals surface area contributed by atoms with Crippen LogP contribution < -0.4 is 0 Å². The average Bonchev–Trinajstić information content (AvgIpc) is 3.10. The molecule has 0 atom stereocenters. The van der Waals surface area contributed by atoms with E-state index in [1.165, 1.54) is 0 Å². The number of carbonyl (C=O) groups is 4. The Bertz CT molecular complexity index is 1920. The minimum Gasteiger partial charge on any atom is -0.462 e. The van der Waals surface area contributed by atoms with E-state index in [9.17, 15) is 19.2 Å². The van der Waals surface area contributed by atoms with Gasteiger partial charge < -0.3 is 18.9 Å². The van der Waals surface area contributed by atoms with Crippen LogP contribution in [0.2, 0.25) is 0 Å². The summed E-state index contributed by atoms with van der Waals surface area (Å²) in [7, 11) is 0. The van der Waals surface area contributed by atoms with Gasteiger partial charge in [0.15, 0.2) is 0 Å². The van der Waals surface area contributed by atoms with E-state index in [-0.39, 0.29) is 48.7 Å². The van der Waals surface area contributed by atoms with Crippen LogP contribution in [0.1, 0.15) is 120 Å². The molecule has 0 saturated heterocycles. The molecule has 0 N–H and O–H groups in total. The molecule has 0 radical (unpaired) electrons. The maximum atomic E-state index is 13.7. The lowest BCUT2D eigenvalue weighted by molar-refractivity contribution is 0.0484. The fourth-order valence-electron chi connectivity index (χ4n) is 6.21. The number of carbonyl (C=O) groups excluding carboxylic acids is 4. The van der Waals surface area contributed by atoms with E-state index in [1.54, 1.807) is 12.1 Å². The number of ether oxygens (including phenoxy) is 4. The van der Waals surface area contributed by atoms with Gasteiger partial charge in [0.25, 0.3) is 0 Å². The minimum absolute atomic E-state index is 0.232. The SMILES string of the molecule is CCCCOC(=O)c1ccc2c3cc(Br)c(C(=O)OCCCC)c4c(C(=O)OCCCC)ccc(c5cc(Br)c(C(=O)OCCCC)c1c25)c43. The molecular weight excluding hydrogens is 768 g/mol. The lowest BCUT2D eigenvalue weighted by atomic mass is 9.84. The van der Waals surface area contributed by atoms with Crippen molar-refractivity contribution in [3.8, 4) is 0 Å². The molecule has 0 fully saturated rings. The van der Waals surface area contributed by atoms with Gasteiger partial charge in [-0.05, 0) is 114 Å². The van der Waals surface area contributed by atoms with Crippen LogP contribution in [0.4, 0.5) is 0 Å². The molecule has 0 aliphatic rings. The second-order valence-corrected chi connectivity index (χ2v) is 14.0. The lowest BCUT2D eigenvalue weighted by Gasteiger charge is -2.21. The predicted molar refractivity (Wildman–Crippen MR) is 204 cm³/mol. The Hall–Kier alpha value is -3.76. The van der Waals surface area contributed by atoms with Gasteiger partial charge in [-0.25, -0.2) is 19.2 Å². The summed E-state index contributed by atoms with van der Waals surface area (Å²) in [5.74, 6) is -2.18. The number of fused-ring (bicyclic) bond motifs is 2. The zero-order valence-corrected chi connectivity index (χ0v) is 32.1. The van der Waals surface area contributed by atoms with E-state index in [0.717, 1.165) is 36.5 Å². The standard InChI is InChI=1S/C40H42Br2O8/c1-5-9-17-47-37(43)25-15-13-23-28-22-30(42)36(40(46)50-20-12-8-4)34-26(38(44)48-18-10-6-2)16-14-24(32(28)34)27-21-29(41)35(33(25)31(23)27)39(45)49-19-11-7-3/h13-16,21-22H,5-12,17-20H2,1-4H3. The maximum absolute atomic E-state index is 13.7. The van der Waals surface area contributed by atoms with Crippen molar-refractivity contribution in [1.29, 1.82) is 0 Å². The molecule has 0 heterocycles. The summed E-state index contributed by atoms with van der Waals surface area (Å²) >= 11 is 7.30. The van der Waals surface area contributed by atoms with Crippen molar-refractivity contribution in [2.45, 2.75) is 79.1 Å². The lowest BCUT2D eigenvalue weighted by Crippen LogP contribution is -2.14. The monoisotopic (exact) mass is 808 g/mol. The molecule has 5 aromatic carbocycles. The smallest absolute Gasteiger partial charge is 0.339 e. The van der Waals surface area contributed by atoms with Crippen molar-refractivity contribution in [3.05, 3.63) is 67.6 Å². The highest BCUT2D eigenvalue weighted by atomic mass is 79.9. The van der Waals surface area contributed by atoms with Crippen molar-refractivity contribution >= 4 is 98.8 Å². The van der Waals surface area contributed by atoms with E-state index < -0.39 is 23.9 Å². The first-order valence-electron chi connectivity index (χ1n) is 17.5. The van der Waals surface area contributed by atoms with Crippen molar-refractivity contribution in [2.24, 2.45) is 0 Å². The third kappa shape index (κ3) is 7.33. The number of benzene rings is 5. The molecule has 0 aliphatic heterocycles. The van der Waals surface area contributed by atoms with Crippen LogP contribution in [0.5, 0.6) is 0 Å². The highest BCUT2D eigenvalue weighted by Crippen LogP contribution is 2.47. The van der Waals surface area contributed by atoms with E-state index in [0.29, 0.717) is 66.9 Å². The zero-order valence-electron chi connectivity index (χ0n) is 29.0. The van der Waals surface area contributed by atoms with Crippen LogP contribution in [-0.4, -0.2) is 50.3 Å². The topological polar surface area (TPSA) is 105 Å². The molecule has 8 nitrogen and oxygen atoms in total. The maximum Gasteiger partial charge on any atom is 0.339 e. The highest BCUT2D eigenvalue weighted by molar-refractivity contribution is 9.10. The Morgan fingerprint density at radius 2 is 0.780 bits per heavy atom. The second-order valence-electron chi connectivity index (χ2n) is 12.3. The van der Waals surface area contributed by atoms with Crippen LogP contribution in [-0.2, 0) is 18.9 Å². The third-order valence-electron chi connectivity index (χ3n) is 8.82. The molecule has 5 rings (SSSR count). The first kappa shape index (κ1) is 37.5. The van der Waals surface area contributed by atoms with Crippen molar-refractivity contribution in [2.75, 3.05) is 26.4 Å². The second kappa shape index (κ2) is 17.0. The molecule has 0 saturated carbocycles. The number of halogens is 2. The number of rotatable bonds is 16. The molecule has 264 valence electrons. The molecule has 0 aromatic heterocycles. The number of unbranched alkanes of at least 4 members (excludes halogenated alkanes) is 4. The Morgan fingerprint density at radius 1 is 0.460 bits per heavy atom. The average molecular weight is 811 g/mol. The van der Waals surface area contributed by atoms with Gasteiger partial charge in [-0.3, -0.25) is 0 Å². The van der Waals surface area contributed by atoms with Gasteiger partial charge in [0.05, 0.1) is 48.7 Å². The molecule has 5 aromatic rings. The van der Waals surface area contributed by atoms with Crippen LogP contribution in [0.25, 0.3) is 43.1 Å². The minimum atomic E-state index is -0.552. The Balaban J connectivity index is 1.90. The Kier molecular flexibility index (Phi) is 12.7. The van der Waals surface area contributed by atoms with Gasteiger partial charge in [0.2, 0.25) is 0 Å². The molecule has 0 bridgehead atoms. The van der Waals surface area contributed by atoms with Crippen molar-refractivity contribution < 1.29 is 38.1 Å². The quantitative estimate of drug-likeness (QED) is 0.0319. The highest BCUT2D eigenvalue weighted by Gasteiger charge is 2.30.